The van der Waals surface area contributed by atoms with E-state index in [-0.39, 0.29) is 17.1 Å². The number of carboxylic acids is 1. The number of aliphatic carboxylic acids is 1. The second kappa shape index (κ2) is 6.80. The van der Waals surface area contributed by atoms with Gasteiger partial charge in [-0.25, -0.2) is 4.79 Å². The number of nitrogens with zero attached hydrogens (tertiary/aromatic N) is 1. The Balaban J connectivity index is 5.66. The van der Waals surface area contributed by atoms with Crippen LogP contribution in [0.3, 0.4) is 0 Å². The minimum Gasteiger partial charge on any atom is -0.479 e. The molecule has 0 bridgehead atoms. The minimum atomic E-state index is -2.52. The zero-order valence-corrected chi connectivity index (χ0v) is 15.8. The average molecular weight is 321 g/mol. The van der Waals surface area contributed by atoms with E-state index < -0.39 is 18.7 Å². The maximum atomic E-state index is 12.8. The fraction of sp³-hybridized carbons (Fsp3) is 0.933. The highest BCUT2D eigenvalue weighted by Crippen LogP contribution is 2.52. The van der Waals surface area contributed by atoms with E-state index in [1.54, 1.807) is 18.4 Å². The molecule has 1 N–H and O–H groups in total. The molecule has 0 amide bonds. The Morgan fingerprint density at radius 3 is 1.86 bits per heavy atom. The molecule has 1 unspecified atom stereocenters. The Morgan fingerprint density at radius 2 is 1.62 bits per heavy atom. The molecule has 0 aliphatic rings. The van der Waals surface area contributed by atoms with Crippen LogP contribution >= 0.6 is 7.14 Å². The molecular weight excluding hydrogens is 289 g/mol. The fourth-order valence-corrected chi connectivity index (χ4v) is 5.18. The van der Waals surface area contributed by atoms with Gasteiger partial charge in [-0.1, -0.05) is 34.6 Å². The summed E-state index contributed by atoms with van der Waals surface area (Å²) in [6, 6.07) is 0. The van der Waals surface area contributed by atoms with E-state index in [9.17, 15) is 14.5 Å². The molecule has 0 fully saturated rings. The van der Waals surface area contributed by atoms with Crippen molar-refractivity contribution in [3.05, 3.63) is 0 Å². The van der Waals surface area contributed by atoms with Crippen LogP contribution in [-0.2, 0) is 14.2 Å². The standard InChI is InChI=1S/C15H32NO4P/c1-11(2)10-16(20-15(6,7)13(17)18)12(14(3,4)5)21(8,9)19/h11-12H,10H2,1-9H3,(H,17,18). The molecule has 0 aromatic rings. The van der Waals surface area contributed by atoms with Crippen molar-refractivity contribution in [2.24, 2.45) is 11.3 Å². The fourth-order valence-electron chi connectivity index (χ4n) is 2.55. The van der Waals surface area contributed by atoms with Crippen LogP contribution in [0.1, 0.15) is 48.5 Å². The highest BCUT2D eigenvalue weighted by atomic mass is 31.2. The summed E-state index contributed by atoms with van der Waals surface area (Å²) in [6.45, 7) is 17.1. The number of hydrogen-bond donors (Lipinski definition) is 1. The van der Waals surface area contributed by atoms with Crippen molar-refractivity contribution in [2.75, 3.05) is 19.9 Å². The molecule has 0 aromatic carbocycles. The Kier molecular flexibility index (Phi) is 6.68. The van der Waals surface area contributed by atoms with Crippen molar-refractivity contribution in [1.29, 1.82) is 0 Å². The molecular formula is C15H32NO4P. The van der Waals surface area contributed by atoms with E-state index >= 15 is 0 Å². The van der Waals surface area contributed by atoms with E-state index in [2.05, 4.69) is 0 Å². The number of carbonyl (C=O) groups is 1. The quantitative estimate of drug-likeness (QED) is 0.571. The van der Waals surface area contributed by atoms with E-state index in [1.165, 1.54) is 13.8 Å². The molecule has 1 atom stereocenters. The summed E-state index contributed by atoms with van der Waals surface area (Å²) in [5, 5.41) is 10.9. The molecule has 126 valence electrons. The molecule has 5 nitrogen and oxygen atoms in total. The van der Waals surface area contributed by atoms with Gasteiger partial charge in [0.1, 0.15) is 7.14 Å². The van der Waals surface area contributed by atoms with Gasteiger partial charge in [0.05, 0.1) is 5.78 Å². The second-order valence-corrected chi connectivity index (χ2v) is 11.4. The minimum absolute atomic E-state index is 0.269. The van der Waals surface area contributed by atoms with Crippen molar-refractivity contribution in [3.63, 3.8) is 0 Å². The molecule has 21 heavy (non-hydrogen) atoms. The van der Waals surface area contributed by atoms with Crippen LogP contribution in [0.15, 0.2) is 0 Å². The smallest absolute Gasteiger partial charge is 0.337 e. The highest BCUT2D eigenvalue weighted by Gasteiger charge is 2.43. The Morgan fingerprint density at radius 1 is 1.19 bits per heavy atom. The summed E-state index contributed by atoms with van der Waals surface area (Å²) in [6.07, 6.45) is 0. The molecule has 0 spiro atoms. The summed E-state index contributed by atoms with van der Waals surface area (Å²) < 4.78 is 12.8. The summed E-state index contributed by atoms with van der Waals surface area (Å²) in [4.78, 5) is 17.1. The molecule has 0 rings (SSSR count). The van der Waals surface area contributed by atoms with Crippen LogP contribution in [0.5, 0.6) is 0 Å². The third kappa shape index (κ3) is 6.50. The van der Waals surface area contributed by atoms with Gasteiger partial charge in [0, 0.05) is 6.54 Å². The Bertz CT molecular complexity index is 406. The van der Waals surface area contributed by atoms with Crippen LogP contribution in [0.25, 0.3) is 0 Å². The first-order valence-corrected chi connectivity index (χ1v) is 10.00. The third-order valence-electron chi connectivity index (χ3n) is 3.04. The monoisotopic (exact) mass is 321 g/mol. The van der Waals surface area contributed by atoms with Gasteiger partial charge in [0.25, 0.3) is 0 Å². The zero-order chi connectivity index (χ0) is 17.2. The lowest BCUT2D eigenvalue weighted by Crippen LogP contribution is -2.51. The number of hydrogen-bond acceptors (Lipinski definition) is 4. The number of carboxylic acid groups (broad SMARTS) is 1. The van der Waals surface area contributed by atoms with Gasteiger partial charge >= 0.3 is 5.97 Å². The van der Waals surface area contributed by atoms with Crippen molar-refractivity contribution < 1.29 is 19.3 Å². The van der Waals surface area contributed by atoms with Crippen LogP contribution in [0, 0.1) is 11.3 Å². The molecule has 0 saturated heterocycles. The van der Waals surface area contributed by atoms with Gasteiger partial charge in [-0.2, -0.15) is 5.06 Å². The SMILES string of the molecule is CC(C)CN(OC(C)(C)C(=O)O)C(C(C)(C)C)P(C)(C)=O. The van der Waals surface area contributed by atoms with E-state index in [1.807, 2.05) is 34.6 Å². The summed E-state index contributed by atoms with van der Waals surface area (Å²) >= 11 is 0. The molecule has 6 heteroatoms. The lowest BCUT2D eigenvalue weighted by atomic mass is 9.95. The molecule has 0 aliphatic carbocycles. The third-order valence-corrected chi connectivity index (χ3v) is 5.25. The largest absolute Gasteiger partial charge is 0.479 e. The van der Waals surface area contributed by atoms with Crippen LogP contribution < -0.4 is 0 Å². The first kappa shape index (κ1) is 20.6. The molecule has 0 radical (unpaired) electrons. The Labute approximate surface area is 129 Å². The molecule has 0 heterocycles. The summed E-state index contributed by atoms with van der Waals surface area (Å²) in [5.74, 6) is -1.11. The zero-order valence-electron chi connectivity index (χ0n) is 14.9. The van der Waals surface area contributed by atoms with Crippen LogP contribution in [0.2, 0.25) is 0 Å². The van der Waals surface area contributed by atoms with Gasteiger partial charge in [-0.3, -0.25) is 4.84 Å². The predicted octanol–water partition coefficient (Wildman–Crippen LogP) is 3.73. The van der Waals surface area contributed by atoms with E-state index in [0.29, 0.717) is 6.54 Å². The lowest BCUT2D eigenvalue weighted by Gasteiger charge is -2.44. The van der Waals surface area contributed by atoms with Crippen molar-refractivity contribution >= 4 is 13.1 Å². The van der Waals surface area contributed by atoms with Crippen LogP contribution in [0.4, 0.5) is 0 Å². The van der Waals surface area contributed by atoms with Crippen LogP contribution in [-0.4, -0.2) is 47.4 Å². The Hall–Kier alpha value is -0.380. The van der Waals surface area contributed by atoms with Gasteiger partial charge in [0.2, 0.25) is 0 Å². The second-order valence-electron chi connectivity index (χ2n) is 8.07. The first-order chi connectivity index (χ1) is 9.09. The predicted molar refractivity (Wildman–Crippen MR) is 87.0 cm³/mol. The summed E-state index contributed by atoms with van der Waals surface area (Å²) in [5.41, 5.74) is -1.64. The normalized spacial score (nSPS) is 15.6. The summed E-state index contributed by atoms with van der Waals surface area (Å²) in [7, 11) is -2.52. The van der Waals surface area contributed by atoms with Crippen molar-refractivity contribution in [2.45, 2.75) is 59.9 Å². The van der Waals surface area contributed by atoms with Gasteiger partial charge in [-0.05, 0) is 38.5 Å². The van der Waals surface area contributed by atoms with E-state index in [4.69, 9.17) is 4.84 Å². The van der Waals surface area contributed by atoms with Crippen molar-refractivity contribution in [1.82, 2.24) is 5.06 Å². The van der Waals surface area contributed by atoms with Gasteiger partial charge in [-0.15, -0.1) is 0 Å². The maximum Gasteiger partial charge on any atom is 0.337 e. The maximum absolute atomic E-state index is 12.8. The van der Waals surface area contributed by atoms with Crippen molar-refractivity contribution in [3.8, 4) is 0 Å². The lowest BCUT2D eigenvalue weighted by molar-refractivity contribution is -0.258. The first-order valence-electron chi connectivity index (χ1n) is 7.33. The highest BCUT2D eigenvalue weighted by molar-refractivity contribution is 7.63. The van der Waals surface area contributed by atoms with E-state index in [0.717, 1.165) is 0 Å². The molecule has 0 aliphatic heterocycles. The molecule has 0 saturated carbocycles. The van der Waals surface area contributed by atoms with Gasteiger partial charge in [0.15, 0.2) is 5.60 Å². The molecule has 0 aromatic heterocycles. The van der Waals surface area contributed by atoms with Gasteiger partial charge < -0.3 is 9.67 Å². The number of hydroxylamine groups is 2. The number of rotatable bonds is 7. The topological polar surface area (TPSA) is 66.8 Å². The average Bonchev–Trinajstić information content (AvgIpc) is 2.09.